The van der Waals surface area contributed by atoms with Crippen LogP contribution >= 0.6 is 11.6 Å². The normalized spacial score (nSPS) is 11.2. The van der Waals surface area contributed by atoms with Crippen molar-refractivity contribution in [2.24, 2.45) is 5.10 Å². The average Bonchev–Trinajstić information content (AvgIpc) is 2.89. The second kappa shape index (κ2) is 11.7. The summed E-state index contributed by atoms with van der Waals surface area (Å²) in [5, 5.41) is 4.46. The van der Waals surface area contributed by atoms with Crippen LogP contribution in [0.3, 0.4) is 0 Å². The molecule has 10 heteroatoms. The van der Waals surface area contributed by atoms with Gasteiger partial charge in [-0.2, -0.15) is 5.10 Å². The Morgan fingerprint density at radius 2 is 1.53 bits per heavy atom. The predicted molar refractivity (Wildman–Crippen MR) is 146 cm³/mol. The highest BCUT2D eigenvalue weighted by Crippen LogP contribution is 2.18. The van der Waals surface area contributed by atoms with Gasteiger partial charge in [-0.15, -0.1) is 0 Å². The Labute approximate surface area is 225 Å². The van der Waals surface area contributed by atoms with E-state index in [4.69, 9.17) is 16.3 Å². The molecular weight excluding hydrogens is 526 g/mol. The zero-order valence-corrected chi connectivity index (χ0v) is 21.7. The molecule has 2 N–H and O–H groups in total. The Bertz CT molecular complexity index is 1590. The van der Waals surface area contributed by atoms with Crippen LogP contribution in [0.1, 0.15) is 31.8 Å². The Hall–Kier alpha value is -4.47. The fraction of sp³-hybridized carbons (Fsp3) is 0.0357. The smallest absolute Gasteiger partial charge is 0.343 e. The highest BCUT2D eigenvalue weighted by Gasteiger charge is 2.14. The van der Waals surface area contributed by atoms with E-state index in [9.17, 15) is 18.0 Å². The predicted octanol–water partition coefficient (Wildman–Crippen LogP) is 5.43. The molecule has 0 fully saturated rings. The Morgan fingerprint density at radius 3 is 2.21 bits per heavy atom. The van der Waals surface area contributed by atoms with Gasteiger partial charge in [0.05, 0.1) is 16.7 Å². The van der Waals surface area contributed by atoms with E-state index < -0.39 is 21.9 Å². The number of aryl methyl sites for hydroxylation is 1. The van der Waals surface area contributed by atoms with Crippen LogP contribution < -0.4 is 14.9 Å². The van der Waals surface area contributed by atoms with E-state index in [1.54, 1.807) is 60.7 Å². The van der Waals surface area contributed by atoms with Gasteiger partial charge in [0.1, 0.15) is 5.75 Å². The van der Waals surface area contributed by atoms with Crippen molar-refractivity contribution in [1.29, 1.82) is 0 Å². The lowest BCUT2D eigenvalue weighted by Crippen LogP contribution is -2.18. The van der Waals surface area contributed by atoms with Crippen molar-refractivity contribution in [3.63, 3.8) is 0 Å². The molecule has 0 aliphatic heterocycles. The molecule has 0 aliphatic rings. The van der Waals surface area contributed by atoms with E-state index in [1.165, 1.54) is 42.6 Å². The molecule has 0 spiro atoms. The van der Waals surface area contributed by atoms with E-state index in [-0.39, 0.29) is 10.5 Å². The number of halogens is 1. The van der Waals surface area contributed by atoms with Crippen LogP contribution in [0.2, 0.25) is 5.02 Å². The van der Waals surface area contributed by atoms with Gasteiger partial charge in [-0.1, -0.05) is 41.4 Å². The van der Waals surface area contributed by atoms with E-state index >= 15 is 0 Å². The third kappa shape index (κ3) is 7.06. The number of hydrazone groups is 1. The lowest BCUT2D eigenvalue weighted by atomic mass is 10.2. The second-order valence-corrected chi connectivity index (χ2v) is 10.3. The molecule has 38 heavy (non-hydrogen) atoms. The third-order valence-corrected chi connectivity index (χ3v) is 6.91. The van der Waals surface area contributed by atoms with Gasteiger partial charge < -0.3 is 4.74 Å². The van der Waals surface area contributed by atoms with Crippen LogP contribution in [-0.2, 0) is 10.0 Å². The zero-order valence-electron chi connectivity index (χ0n) is 20.1. The third-order valence-electron chi connectivity index (χ3n) is 5.26. The summed E-state index contributed by atoms with van der Waals surface area (Å²) >= 11 is 5.84. The summed E-state index contributed by atoms with van der Waals surface area (Å²) in [4.78, 5) is 24.9. The minimum atomic E-state index is -3.75. The molecule has 0 radical (unpaired) electrons. The Morgan fingerprint density at radius 1 is 0.868 bits per heavy atom. The molecule has 1 amide bonds. The molecule has 4 aromatic carbocycles. The maximum atomic E-state index is 12.5. The van der Waals surface area contributed by atoms with Crippen molar-refractivity contribution in [3.05, 3.63) is 124 Å². The SMILES string of the molecule is Cc1ccc(S(=O)(=O)Nc2ccc(C(=O)NN=Cc3cccc(OC(=O)c4ccc(Cl)cc4)c3)cc2)cc1. The van der Waals surface area contributed by atoms with Crippen molar-refractivity contribution < 1.29 is 22.7 Å². The lowest BCUT2D eigenvalue weighted by molar-refractivity contribution is 0.0734. The largest absolute Gasteiger partial charge is 0.423 e. The summed E-state index contributed by atoms with van der Waals surface area (Å²) in [7, 11) is -3.75. The molecule has 192 valence electrons. The number of hydrogen-bond acceptors (Lipinski definition) is 6. The summed E-state index contributed by atoms with van der Waals surface area (Å²) in [6, 6.07) is 25.4. The van der Waals surface area contributed by atoms with Gasteiger partial charge in [-0.25, -0.2) is 18.6 Å². The van der Waals surface area contributed by atoms with Crippen LogP contribution in [0.25, 0.3) is 0 Å². The number of ether oxygens (including phenoxy) is 1. The molecule has 0 saturated carbocycles. The van der Waals surface area contributed by atoms with Gasteiger partial charge in [0, 0.05) is 16.3 Å². The summed E-state index contributed by atoms with van der Waals surface area (Å²) in [6.45, 7) is 1.87. The summed E-state index contributed by atoms with van der Waals surface area (Å²) in [6.07, 6.45) is 1.40. The molecule has 0 aromatic heterocycles. The number of carbonyl (C=O) groups excluding carboxylic acids is 2. The van der Waals surface area contributed by atoms with Crippen molar-refractivity contribution in [1.82, 2.24) is 5.43 Å². The number of nitrogens with one attached hydrogen (secondary N) is 2. The number of rotatable bonds is 8. The number of benzene rings is 4. The van der Waals surface area contributed by atoms with Crippen LogP contribution in [-0.4, -0.2) is 26.5 Å². The van der Waals surface area contributed by atoms with Gasteiger partial charge in [0.15, 0.2) is 0 Å². The summed E-state index contributed by atoms with van der Waals surface area (Å²) in [5.41, 5.74) is 4.91. The number of amides is 1. The molecule has 0 unspecified atom stereocenters. The first kappa shape index (κ1) is 26.6. The van der Waals surface area contributed by atoms with Crippen molar-refractivity contribution in [2.45, 2.75) is 11.8 Å². The quantitative estimate of drug-likeness (QED) is 0.132. The van der Waals surface area contributed by atoms with Crippen LogP contribution in [0.15, 0.2) is 107 Å². The van der Waals surface area contributed by atoms with E-state index in [0.717, 1.165) is 5.56 Å². The number of hydrogen-bond donors (Lipinski definition) is 2. The fourth-order valence-electron chi connectivity index (χ4n) is 3.26. The average molecular weight is 548 g/mol. The molecule has 0 bridgehead atoms. The van der Waals surface area contributed by atoms with Crippen LogP contribution in [0.5, 0.6) is 5.75 Å². The minimum absolute atomic E-state index is 0.142. The lowest BCUT2D eigenvalue weighted by Gasteiger charge is -2.09. The molecule has 0 aliphatic carbocycles. The number of esters is 1. The van der Waals surface area contributed by atoms with Crippen molar-refractivity contribution in [3.8, 4) is 5.75 Å². The zero-order chi connectivity index (χ0) is 27.1. The Balaban J connectivity index is 1.33. The van der Waals surface area contributed by atoms with Crippen molar-refractivity contribution in [2.75, 3.05) is 4.72 Å². The first-order chi connectivity index (χ1) is 18.2. The number of anilines is 1. The highest BCUT2D eigenvalue weighted by molar-refractivity contribution is 7.92. The molecule has 8 nitrogen and oxygen atoms in total. The standard InChI is InChI=1S/C28H22ClN3O5S/c1-19-5-15-26(16-6-19)38(35,36)32-24-13-9-21(10-14-24)27(33)31-30-18-20-3-2-4-25(17-20)37-28(34)22-7-11-23(29)12-8-22/h2-18,32H,1H3,(H,31,33). The molecular formula is C28H22ClN3O5S. The molecule has 4 aromatic rings. The second-order valence-electron chi connectivity index (χ2n) is 8.16. The van der Waals surface area contributed by atoms with E-state index in [2.05, 4.69) is 15.2 Å². The molecule has 4 rings (SSSR count). The number of sulfonamides is 1. The number of carbonyl (C=O) groups is 2. The van der Waals surface area contributed by atoms with Gasteiger partial charge in [0.25, 0.3) is 15.9 Å². The van der Waals surface area contributed by atoms with Crippen LogP contribution in [0.4, 0.5) is 5.69 Å². The number of nitrogens with zero attached hydrogens (tertiary/aromatic N) is 1. The summed E-state index contributed by atoms with van der Waals surface area (Å²) < 4.78 is 32.9. The first-order valence-electron chi connectivity index (χ1n) is 11.3. The van der Waals surface area contributed by atoms with Crippen molar-refractivity contribution >= 4 is 45.4 Å². The van der Waals surface area contributed by atoms with Gasteiger partial charge in [-0.05, 0) is 85.3 Å². The highest BCUT2D eigenvalue weighted by atomic mass is 35.5. The summed E-state index contributed by atoms with van der Waals surface area (Å²) in [5.74, 6) is -0.711. The first-order valence-corrected chi connectivity index (χ1v) is 13.2. The van der Waals surface area contributed by atoms with E-state index in [1.807, 2.05) is 6.92 Å². The maximum absolute atomic E-state index is 12.5. The van der Waals surface area contributed by atoms with Gasteiger partial charge >= 0.3 is 5.97 Å². The van der Waals surface area contributed by atoms with Gasteiger partial charge in [0.2, 0.25) is 0 Å². The van der Waals surface area contributed by atoms with Gasteiger partial charge in [-0.3, -0.25) is 9.52 Å². The van der Waals surface area contributed by atoms with Crippen LogP contribution in [0, 0.1) is 6.92 Å². The monoisotopic (exact) mass is 547 g/mol. The fourth-order valence-corrected chi connectivity index (χ4v) is 4.45. The van der Waals surface area contributed by atoms with E-state index in [0.29, 0.717) is 27.6 Å². The molecule has 0 atom stereocenters. The Kier molecular flexibility index (Phi) is 8.20. The molecule has 0 heterocycles. The molecule has 0 saturated heterocycles. The topological polar surface area (TPSA) is 114 Å². The minimum Gasteiger partial charge on any atom is -0.423 e. The maximum Gasteiger partial charge on any atom is 0.343 e.